The molecule has 0 saturated carbocycles. The predicted octanol–water partition coefficient (Wildman–Crippen LogP) is 2.44. The molecule has 4 nitrogen and oxygen atoms in total. The van der Waals surface area contributed by atoms with Crippen LogP contribution in [-0.2, 0) is 4.84 Å². The number of carbonyl (C=O) groups excluding carboxylic acids is 1. The van der Waals surface area contributed by atoms with E-state index in [1.165, 1.54) is 13.2 Å². The molecule has 6 heteroatoms. The number of anilines is 1. The third-order valence-corrected chi connectivity index (χ3v) is 2.26. The summed E-state index contributed by atoms with van der Waals surface area (Å²) in [5, 5.41) is 1.63. The van der Waals surface area contributed by atoms with Gasteiger partial charge in [-0.1, -0.05) is 23.2 Å². The van der Waals surface area contributed by atoms with Crippen LogP contribution in [-0.4, -0.2) is 13.1 Å². The van der Waals surface area contributed by atoms with Gasteiger partial charge in [0.25, 0.3) is 0 Å². The van der Waals surface area contributed by atoms with Gasteiger partial charge in [0, 0.05) is 0 Å². The summed E-state index contributed by atoms with van der Waals surface area (Å²) in [6, 6.07) is 3.88. The van der Waals surface area contributed by atoms with Gasteiger partial charge < -0.3 is 5.73 Å². The van der Waals surface area contributed by atoms with Gasteiger partial charge in [-0.25, -0.2) is 4.79 Å². The highest BCUT2D eigenvalue weighted by atomic mass is 35.5. The molecule has 0 aromatic heterocycles. The van der Waals surface area contributed by atoms with Crippen molar-refractivity contribution in [1.29, 1.82) is 0 Å². The summed E-state index contributed by atoms with van der Waals surface area (Å²) in [5.41, 5.74) is 5.48. The van der Waals surface area contributed by atoms with Gasteiger partial charge in [0.15, 0.2) is 0 Å². The van der Waals surface area contributed by atoms with E-state index in [1.54, 1.807) is 12.1 Å². The highest BCUT2D eigenvalue weighted by Crippen LogP contribution is 2.27. The molecule has 0 spiro atoms. The molecule has 0 heterocycles. The molecule has 0 radical (unpaired) electrons. The zero-order valence-electron chi connectivity index (χ0n) is 7.33. The van der Waals surface area contributed by atoms with Crippen molar-refractivity contribution in [3.8, 4) is 0 Å². The van der Waals surface area contributed by atoms with Gasteiger partial charge >= 0.3 is 6.03 Å². The summed E-state index contributed by atoms with van der Waals surface area (Å²) in [5.74, 6) is 0. The maximum atomic E-state index is 10.9. The SMILES string of the molecule is CON(C(N)=O)c1ccc(Cl)c(Cl)c1. The minimum atomic E-state index is -0.731. The van der Waals surface area contributed by atoms with Crippen LogP contribution in [0.3, 0.4) is 0 Å². The Morgan fingerprint density at radius 1 is 1.43 bits per heavy atom. The number of hydrogen-bond acceptors (Lipinski definition) is 2. The topological polar surface area (TPSA) is 55.6 Å². The van der Waals surface area contributed by atoms with E-state index in [2.05, 4.69) is 0 Å². The number of urea groups is 1. The van der Waals surface area contributed by atoms with Crippen LogP contribution in [0, 0.1) is 0 Å². The molecule has 1 aromatic rings. The standard InChI is InChI=1S/C8H8Cl2N2O2/c1-14-12(8(11)13)5-2-3-6(9)7(10)4-5/h2-4H,1H3,(H2,11,13). The molecule has 0 atom stereocenters. The molecule has 76 valence electrons. The summed E-state index contributed by atoms with van der Waals surface area (Å²) in [4.78, 5) is 15.6. The number of amides is 2. The number of nitrogens with two attached hydrogens (primary N) is 1. The Morgan fingerprint density at radius 2 is 2.07 bits per heavy atom. The zero-order valence-corrected chi connectivity index (χ0v) is 8.84. The first-order valence-corrected chi connectivity index (χ1v) is 4.40. The molecule has 0 unspecified atom stereocenters. The van der Waals surface area contributed by atoms with E-state index in [1.807, 2.05) is 0 Å². The molecule has 0 aliphatic heterocycles. The molecular weight excluding hydrogens is 227 g/mol. The van der Waals surface area contributed by atoms with Gasteiger partial charge in [-0.3, -0.25) is 4.84 Å². The van der Waals surface area contributed by atoms with Gasteiger partial charge in [-0.05, 0) is 18.2 Å². The Labute approximate surface area is 91.1 Å². The Bertz CT molecular complexity index is 357. The van der Waals surface area contributed by atoms with Crippen molar-refractivity contribution in [2.24, 2.45) is 5.73 Å². The Balaban J connectivity index is 3.06. The smallest absolute Gasteiger partial charge is 0.343 e. The Morgan fingerprint density at radius 3 is 2.50 bits per heavy atom. The summed E-state index contributed by atoms with van der Waals surface area (Å²) in [6.07, 6.45) is 0. The quantitative estimate of drug-likeness (QED) is 0.800. The number of hydrogen-bond donors (Lipinski definition) is 1. The fourth-order valence-electron chi connectivity index (χ4n) is 0.934. The predicted molar refractivity (Wildman–Crippen MR) is 55.5 cm³/mol. The van der Waals surface area contributed by atoms with Gasteiger partial charge in [-0.15, -0.1) is 0 Å². The molecular formula is C8H8Cl2N2O2. The fourth-order valence-corrected chi connectivity index (χ4v) is 1.23. The minimum absolute atomic E-state index is 0.326. The molecule has 0 bridgehead atoms. The van der Waals surface area contributed by atoms with E-state index in [-0.39, 0.29) is 0 Å². The number of halogens is 2. The lowest BCUT2D eigenvalue weighted by Gasteiger charge is -2.17. The summed E-state index contributed by atoms with van der Waals surface area (Å²) < 4.78 is 0. The number of rotatable bonds is 2. The van der Waals surface area contributed by atoms with Crippen LogP contribution >= 0.6 is 23.2 Å². The maximum Gasteiger partial charge on any atom is 0.343 e. The molecule has 1 aromatic carbocycles. The lowest BCUT2D eigenvalue weighted by molar-refractivity contribution is 0.168. The van der Waals surface area contributed by atoms with Crippen LogP contribution in [0.2, 0.25) is 10.0 Å². The minimum Gasteiger partial charge on any atom is -0.349 e. The highest BCUT2D eigenvalue weighted by molar-refractivity contribution is 6.42. The Hall–Kier alpha value is -0.970. The van der Waals surface area contributed by atoms with Crippen molar-refractivity contribution >= 4 is 34.9 Å². The first kappa shape index (κ1) is 11.1. The second-order valence-electron chi connectivity index (χ2n) is 2.41. The molecule has 2 amide bonds. The molecule has 2 N–H and O–H groups in total. The van der Waals surface area contributed by atoms with Gasteiger partial charge in [0.2, 0.25) is 0 Å². The summed E-state index contributed by atoms with van der Waals surface area (Å²) in [7, 11) is 1.33. The average Bonchev–Trinajstić information content (AvgIpc) is 2.11. The summed E-state index contributed by atoms with van der Waals surface area (Å²) >= 11 is 11.5. The highest BCUT2D eigenvalue weighted by Gasteiger charge is 2.12. The zero-order chi connectivity index (χ0) is 10.7. The van der Waals surface area contributed by atoms with Gasteiger partial charge in [0.1, 0.15) is 0 Å². The number of carbonyl (C=O) groups is 1. The van der Waals surface area contributed by atoms with E-state index in [0.29, 0.717) is 15.7 Å². The van der Waals surface area contributed by atoms with Crippen LogP contribution in [0.15, 0.2) is 18.2 Å². The lowest BCUT2D eigenvalue weighted by Crippen LogP contribution is -2.34. The van der Waals surface area contributed by atoms with E-state index >= 15 is 0 Å². The van der Waals surface area contributed by atoms with Crippen LogP contribution in [0.25, 0.3) is 0 Å². The van der Waals surface area contributed by atoms with Crippen molar-refractivity contribution in [2.45, 2.75) is 0 Å². The normalized spacial score (nSPS) is 9.93. The second kappa shape index (κ2) is 4.50. The van der Waals surface area contributed by atoms with Gasteiger partial charge in [-0.2, -0.15) is 5.06 Å². The number of benzene rings is 1. The van der Waals surface area contributed by atoms with Crippen LogP contribution < -0.4 is 10.8 Å². The maximum absolute atomic E-state index is 10.9. The second-order valence-corrected chi connectivity index (χ2v) is 3.23. The number of nitrogens with zero attached hydrogens (tertiary/aromatic N) is 1. The van der Waals surface area contributed by atoms with E-state index in [0.717, 1.165) is 5.06 Å². The first-order valence-electron chi connectivity index (χ1n) is 3.65. The molecule has 14 heavy (non-hydrogen) atoms. The number of hydroxylamine groups is 1. The van der Waals surface area contributed by atoms with Crippen molar-refractivity contribution < 1.29 is 9.63 Å². The van der Waals surface area contributed by atoms with Crippen LogP contribution in [0.1, 0.15) is 0 Å². The first-order chi connectivity index (χ1) is 6.56. The van der Waals surface area contributed by atoms with Crippen molar-refractivity contribution in [3.63, 3.8) is 0 Å². The third kappa shape index (κ3) is 2.29. The van der Waals surface area contributed by atoms with Crippen LogP contribution in [0.4, 0.5) is 10.5 Å². The van der Waals surface area contributed by atoms with E-state index < -0.39 is 6.03 Å². The van der Waals surface area contributed by atoms with Crippen LogP contribution in [0.5, 0.6) is 0 Å². The van der Waals surface area contributed by atoms with E-state index in [9.17, 15) is 4.79 Å². The molecule has 0 saturated heterocycles. The molecule has 0 aliphatic rings. The van der Waals surface area contributed by atoms with Crippen molar-refractivity contribution in [3.05, 3.63) is 28.2 Å². The number of primary amides is 1. The van der Waals surface area contributed by atoms with Crippen molar-refractivity contribution in [2.75, 3.05) is 12.2 Å². The molecule has 1 rings (SSSR count). The molecule has 0 aliphatic carbocycles. The van der Waals surface area contributed by atoms with Crippen molar-refractivity contribution in [1.82, 2.24) is 0 Å². The monoisotopic (exact) mass is 234 g/mol. The summed E-state index contributed by atoms with van der Waals surface area (Å²) in [6.45, 7) is 0. The average molecular weight is 235 g/mol. The lowest BCUT2D eigenvalue weighted by atomic mass is 10.3. The van der Waals surface area contributed by atoms with E-state index in [4.69, 9.17) is 33.8 Å². The molecule has 0 fully saturated rings. The van der Waals surface area contributed by atoms with Gasteiger partial charge in [0.05, 0.1) is 22.8 Å². The largest absolute Gasteiger partial charge is 0.349 e. The fraction of sp³-hybridized carbons (Fsp3) is 0.125. The third-order valence-electron chi connectivity index (χ3n) is 1.52. The Kier molecular flexibility index (Phi) is 3.57.